The van der Waals surface area contributed by atoms with Crippen molar-refractivity contribution >= 4 is 16.8 Å². The van der Waals surface area contributed by atoms with Crippen LogP contribution in [0.4, 0.5) is 0 Å². The Morgan fingerprint density at radius 3 is 2.74 bits per heavy atom. The van der Waals surface area contributed by atoms with Crippen LogP contribution in [0.3, 0.4) is 0 Å². The number of rotatable bonds is 5. The zero-order valence-electron chi connectivity index (χ0n) is 10.5. The van der Waals surface area contributed by atoms with E-state index >= 15 is 0 Å². The molecule has 0 aliphatic carbocycles. The first-order chi connectivity index (χ1) is 9.04. The molecule has 1 atom stereocenters. The first-order valence-electron chi connectivity index (χ1n) is 5.76. The van der Waals surface area contributed by atoms with Crippen LogP contribution in [0, 0.1) is 6.92 Å². The molecule has 1 heterocycles. The summed E-state index contributed by atoms with van der Waals surface area (Å²) < 4.78 is 17.1. The summed E-state index contributed by atoms with van der Waals surface area (Å²) in [4.78, 5) is 10.7. The molecule has 1 unspecified atom stereocenters. The van der Waals surface area contributed by atoms with E-state index in [1.54, 1.807) is 0 Å². The largest absolute Gasteiger partial charge is 0.478 e. The average molecular weight is 278 g/mol. The first-order valence-corrected chi connectivity index (χ1v) is 7.24. The van der Waals surface area contributed by atoms with Crippen molar-refractivity contribution in [3.05, 3.63) is 59.0 Å². The smallest absolute Gasteiger partial charge is 0.338 e. The zero-order chi connectivity index (χ0) is 13.8. The van der Waals surface area contributed by atoms with Crippen molar-refractivity contribution in [3.63, 3.8) is 0 Å². The summed E-state index contributed by atoms with van der Waals surface area (Å²) in [6, 6.07) is 9.24. The molecule has 1 aromatic carbocycles. The fourth-order valence-electron chi connectivity index (χ4n) is 1.77. The summed E-state index contributed by atoms with van der Waals surface area (Å²) >= 11 is 0. The predicted octanol–water partition coefficient (Wildman–Crippen LogP) is 2.74. The van der Waals surface area contributed by atoms with Gasteiger partial charge in [0.05, 0.1) is 11.3 Å². The topological polar surface area (TPSA) is 67.5 Å². The summed E-state index contributed by atoms with van der Waals surface area (Å²) in [5, 5.41) is 8.76. The van der Waals surface area contributed by atoms with Crippen LogP contribution in [0.2, 0.25) is 0 Å². The molecule has 0 aliphatic rings. The number of carboxylic acids is 1. The Morgan fingerprint density at radius 1 is 1.32 bits per heavy atom. The quantitative estimate of drug-likeness (QED) is 0.913. The Labute approximate surface area is 113 Å². The molecule has 0 spiro atoms. The number of aromatic carboxylic acids is 1. The monoisotopic (exact) mass is 278 g/mol. The second-order valence-electron chi connectivity index (χ2n) is 4.32. The normalized spacial score (nSPS) is 12.3. The third-order valence-corrected chi connectivity index (χ3v) is 3.88. The van der Waals surface area contributed by atoms with Gasteiger partial charge in [-0.05, 0) is 18.6 Å². The van der Waals surface area contributed by atoms with E-state index in [1.165, 1.54) is 12.3 Å². The maximum absolute atomic E-state index is 12.0. The van der Waals surface area contributed by atoms with E-state index < -0.39 is 16.8 Å². The fraction of sp³-hybridized carbons (Fsp3) is 0.214. The Bertz CT molecular complexity index is 615. The maximum atomic E-state index is 12.0. The van der Waals surface area contributed by atoms with Gasteiger partial charge in [0.1, 0.15) is 12.0 Å². The van der Waals surface area contributed by atoms with Crippen LogP contribution in [-0.2, 0) is 22.3 Å². The van der Waals surface area contributed by atoms with Gasteiger partial charge in [0, 0.05) is 16.6 Å². The van der Waals surface area contributed by atoms with Gasteiger partial charge in [-0.3, -0.25) is 4.21 Å². The van der Waals surface area contributed by atoms with Gasteiger partial charge in [-0.25, -0.2) is 4.79 Å². The minimum absolute atomic E-state index is 0.0857. The van der Waals surface area contributed by atoms with E-state index in [0.29, 0.717) is 11.5 Å². The van der Waals surface area contributed by atoms with Gasteiger partial charge in [-0.15, -0.1) is 0 Å². The van der Waals surface area contributed by atoms with E-state index in [1.807, 2.05) is 31.2 Å². The Morgan fingerprint density at radius 2 is 2.11 bits per heavy atom. The standard InChI is InChI=1S/C14H14O4S/c1-10-3-2-4-11(5-10)8-19(17)9-13-6-12(7-18-13)14(15)16/h2-7H,8-9H2,1H3,(H,15,16). The highest BCUT2D eigenvalue weighted by Gasteiger charge is 2.11. The molecule has 0 amide bonds. The number of aryl methyl sites for hydroxylation is 1. The molecule has 0 radical (unpaired) electrons. The molecule has 2 rings (SSSR count). The zero-order valence-corrected chi connectivity index (χ0v) is 11.3. The van der Waals surface area contributed by atoms with Gasteiger partial charge in [0.15, 0.2) is 0 Å². The predicted molar refractivity (Wildman–Crippen MR) is 72.4 cm³/mol. The van der Waals surface area contributed by atoms with E-state index in [4.69, 9.17) is 9.52 Å². The summed E-state index contributed by atoms with van der Waals surface area (Å²) in [7, 11) is -1.12. The van der Waals surface area contributed by atoms with Crippen molar-refractivity contribution in [1.82, 2.24) is 0 Å². The summed E-state index contributed by atoms with van der Waals surface area (Å²) in [5.41, 5.74) is 2.21. The molecular formula is C14H14O4S. The minimum atomic E-state index is -1.12. The molecule has 0 fully saturated rings. The van der Waals surface area contributed by atoms with Crippen molar-refractivity contribution < 1.29 is 18.5 Å². The SMILES string of the molecule is Cc1cccc(CS(=O)Cc2cc(C(=O)O)co2)c1. The highest BCUT2D eigenvalue weighted by molar-refractivity contribution is 7.83. The van der Waals surface area contributed by atoms with Crippen molar-refractivity contribution in [2.24, 2.45) is 0 Å². The lowest BCUT2D eigenvalue weighted by atomic mass is 10.2. The summed E-state index contributed by atoms with van der Waals surface area (Å²) in [6.07, 6.45) is 1.17. The molecule has 0 saturated heterocycles. The Hall–Kier alpha value is -1.88. The van der Waals surface area contributed by atoms with E-state index in [-0.39, 0.29) is 11.3 Å². The van der Waals surface area contributed by atoms with E-state index in [2.05, 4.69) is 0 Å². The lowest BCUT2D eigenvalue weighted by molar-refractivity contribution is 0.0696. The number of benzene rings is 1. The number of furan rings is 1. The molecule has 5 heteroatoms. The van der Waals surface area contributed by atoms with Gasteiger partial charge in [-0.1, -0.05) is 29.8 Å². The third kappa shape index (κ3) is 3.79. The number of carboxylic acid groups (broad SMARTS) is 1. The molecule has 100 valence electrons. The van der Waals surface area contributed by atoms with E-state index in [9.17, 15) is 9.00 Å². The lowest BCUT2D eigenvalue weighted by Crippen LogP contribution is -1.99. The summed E-state index contributed by atoms with van der Waals surface area (Å²) in [6.45, 7) is 1.98. The van der Waals surface area contributed by atoms with Crippen LogP contribution < -0.4 is 0 Å². The van der Waals surface area contributed by atoms with Crippen LogP contribution in [0.5, 0.6) is 0 Å². The van der Waals surface area contributed by atoms with Gasteiger partial charge in [-0.2, -0.15) is 0 Å². The summed E-state index contributed by atoms with van der Waals surface area (Å²) in [5.74, 6) is 0.0503. The number of carbonyl (C=O) groups is 1. The third-order valence-electron chi connectivity index (χ3n) is 2.61. The van der Waals surface area contributed by atoms with Crippen LogP contribution in [0.1, 0.15) is 27.2 Å². The van der Waals surface area contributed by atoms with Crippen molar-refractivity contribution in [2.45, 2.75) is 18.4 Å². The molecule has 19 heavy (non-hydrogen) atoms. The Kier molecular flexibility index (Phi) is 4.16. The van der Waals surface area contributed by atoms with Crippen LogP contribution in [0.25, 0.3) is 0 Å². The lowest BCUT2D eigenvalue weighted by Gasteiger charge is -2.02. The first kappa shape index (κ1) is 13.5. The molecule has 0 bridgehead atoms. The molecule has 4 nitrogen and oxygen atoms in total. The highest BCUT2D eigenvalue weighted by Crippen LogP contribution is 2.13. The van der Waals surface area contributed by atoms with Crippen LogP contribution >= 0.6 is 0 Å². The number of hydrogen-bond acceptors (Lipinski definition) is 3. The average Bonchev–Trinajstić information content (AvgIpc) is 2.77. The minimum Gasteiger partial charge on any atom is -0.478 e. The van der Waals surface area contributed by atoms with E-state index in [0.717, 1.165) is 11.1 Å². The van der Waals surface area contributed by atoms with Gasteiger partial charge < -0.3 is 9.52 Å². The maximum Gasteiger partial charge on any atom is 0.338 e. The van der Waals surface area contributed by atoms with Crippen molar-refractivity contribution in [2.75, 3.05) is 0 Å². The Balaban J connectivity index is 1.99. The molecule has 1 N–H and O–H groups in total. The molecule has 0 saturated carbocycles. The number of hydrogen-bond donors (Lipinski definition) is 1. The van der Waals surface area contributed by atoms with Crippen LogP contribution in [-0.4, -0.2) is 15.3 Å². The highest BCUT2D eigenvalue weighted by atomic mass is 32.2. The van der Waals surface area contributed by atoms with Crippen molar-refractivity contribution in [1.29, 1.82) is 0 Å². The molecule has 2 aromatic rings. The van der Waals surface area contributed by atoms with Gasteiger partial charge in [0.25, 0.3) is 0 Å². The second-order valence-corrected chi connectivity index (χ2v) is 5.78. The van der Waals surface area contributed by atoms with Gasteiger partial charge >= 0.3 is 5.97 Å². The second kappa shape index (κ2) is 5.84. The van der Waals surface area contributed by atoms with Crippen LogP contribution in [0.15, 0.2) is 41.0 Å². The van der Waals surface area contributed by atoms with Crippen molar-refractivity contribution in [3.8, 4) is 0 Å². The molecule has 1 aromatic heterocycles. The molecule has 0 aliphatic heterocycles. The fourth-order valence-corrected chi connectivity index (χ4v) is 2.89. The molecular weight excluding hydrogens is 264 g/mol. The van der Waals surface area contributed by atoms with Gasteiger partial charge in [0.2, 0.25) is 0 Å².